The van der Waals surface area contributed by atoms with E-state index in [4.69, 9.17) is 4.74 Å². The second kappa shape index (κ2) is 7.05. The predicted molar refractivity (Wildman–Crippen MR) is 97.8 cm³/mol. The Morgan fingerprint density at radius 3 is 2.44 bits per heavy atom. The number of rotatable bonds is 4. The van der Waals surface area contributed by atoms with Crippen LogP contribution < -0.4 is 0 Å². The van der Waals surface area contributed by atoms with Crippen LogP contribution >= 0.6 is 0 Å². The lowest BCUT2D eigenvalue weighted by Crippen LogP contribution is -2.18. The van der Waals surface area contributed by atoms with Crippen LogP contribution in [0.1, 0.15) is 23.7 Å². The Labute approximate surface area is 145 Å². The zero-order valence-corrected chi connectivity index (χ0v) is 14.0. The third kappa shape index (κ3) is 2.92. The lowest BCUT2D eigenvalue weighted by molar-refractivity contribution is -0.132. The molecule has 0 spiro atoms. The minimum Gasteiger partial charge on any atom is -0.464 e. The van der Waals surface area contributed by atoms with Crippen molar-refractivity contribution >= 4 is 28.2 Å². The summed E-state index contributed by atoms with van der Waals surface area (Å²) < 4.78 is 4.79. The maximum Gasteiger partial charge on any atom is 0.360 e. The van der Waals surface area contributed by atoms with E-state index in [9.17, 15) is 10.0 Å². The van der Waals surface area contributed by atoms with Gasteiger partial charge in [-0.3, -0.25) is 0 Å². The monoisotopic (exact) mass is 334 g/mol. The van der Waals surface area contributed by atoms with E-state index in [0.717, 1.165) is 22.0 Å². The number of hydrogen-bond donors (Lipinski definition) is 2. The van der Waals surface area contributed by atoms with Crippen molar-refractivity contribution in [2.45, 2.75) is 6.92 Å². The molecule has 2 N–H and O–H groups in total. The minimum absolute atomic E-state index is 0.134. The van der Waals surface area contributed by atoms with Crippen LogP contribution in [0.3, 0.4) is 0 Å². The Balaban J connectivity index is 2.32. The molecule has 0 fully saturated rings. The van der Waals surface area contributed by atoms with E-state index in [1.165, 1.54) is 7.11 Å². The molecule has 3 rings (SSSR count). The maximum atomic E-state index is 12.1. The van der Waals surface area contributed by atoms with Crippen LogP contribution in [0.15, 0.2) is 65.8 Å². The summed E-state index contributed by atoms with van der Waals surface area (Å²) in [6.45, 7) is 1.92. The lowest BCUT2D eigenvalue weighted by atomic mass is 9.96. The van der Waals surface area contributed by atoms with Gasteiger partial charge in [0.1, 0.15) is 0 Å². The van der Waals surface area contributed by atoms with Gasteiger partial charge < -0.3 is 14.9 Å². The molecular formula is C20H18N2O3. The summed E-state index contributed by atoms with van der Waals surface area (Å²) in [4.78, 5) is 15.5. The summed E-state index contributed by atoms with van der Waals surface area (Å²) in [5.41, 5.74) is 3.81. The minimum atomic E-state index is -0.697. The Morgan fingerprint density at radius 1 is 1.12 bits per heavy atom. The number of nitrogens with one attached hydrogen (secondary N) is 1. The molecule has 0 amide bonds. The van der Waals surface area contributed by atoms with Crippen LogP contribution in [0.5, 0.6) is 0 Å². The number of allylic oxidation sites excluding steroid dienone is 1. The quantitative estimate of drug-likeness (QED) is 0.328. The summed E-state index contributed by atoms with van der Waals surface area (Å²) in [5, 5.41) is 13.5. The molecule has 0 saturated carbocycles. The molecule has 0 radical (unpaired) electrons. The summed E-state index contributed by atoms with van der Waals surface area (Å²) in [6.07, 6.45) is 1.95. The van der Waals surface area contributed by atoms with Crippen molar-refractivity contribution in [3.05, 3.63) is 77.5 Å². The number of carbonyl (C=O) groups excluding carboxylic acids is 1. The molecular weight excluding hydrogens is 316 g/mol. The molecule has 3 aromatic rings. The SMILES string of the molecule is C/C=C(\c1ccccc1)c1[nH]c2ccccc2c1/C(=N/O)C(=O)OC. The van der Waals surface area contributed by atoms with Crippen LogP contribution in [-0.4, -0.2) is 29.0 Å². The van der Waals surface area contributed by atoms with Crippen LogP contribution in [-0.2, 0) is 9.53 Å². The Hall–Kier alpha value is -3.34. The van der Waals surface area contributed by atoms with Crippen molar-refractivity contribution in [2.24, 2.45) is 5.16 Å². The van der Waals surface area contributed by atoms with E-state index in [1.807, 2.05) is 67.6 Å². The zero-order valence-electron chi connectivity index (χ0n) is 14.0. The van der Waals surface area contributed by atoms with Gasteiger partial charge >= 0.3 is 5.97 Å². The van der Waals surface area contributed by atoms with Gasteiger partial charge in [-0.15, -0.1) is 0 Å². The van der Waals surface area contributed by atoms with Gasteiger partial charge in [-0.25, -0.2) is 4.79 Å². The van der Waals surface area contributed by atoms with Crippen molar-refractivity contribution < 1.29 is 14.7 Å². The number of H-pyrrole nitrogens is 1. The zero-order chi connectivity index (χ0) is 17.8. The highest BCUT2D eigenvalue weighted by Gasteiger charge is 2.25. The first-order chi connectivity index (χ1) is 12.2. The van der Waals surface area contributed by atoms with Crippen LogP contribution in [0.2, 0.25) is 0 Å². The fourth-order valence-electron chi connectivity index (χ4n) is 2.95. The number of carbonyl (C=O) groups is 1. The molecule has 0 unspecified atom stereocenters. The smallest absolute Gasteiger partial charge is 0.360 e. The number of ether oxygens (including phenoxy) is 1. The molecule has 0 saturated heterocycles. The largest absolute Gasteiger partial charge is 0.464 e. The molecule has 2 aromatic carbocycles. The van der Waals surface area contributed by atoms with Gasteiger partial charge in [0.15, 0.2) is 5.71 Å². The lowest BCUT2D eigenvalue weighted by Gasteiger charge is -2.10. The fourth-order valence-corrected chi connectivity index (χ4v) is 2.95. The number of aromatic amines is 1. The molecule has 0 bridgehead atoms. The van der Waals surface area contributed by atoms with Gasteiger partial charge in [-0.1, -0.05) is 59.8 Å². The number of hydrogen-bond acceptors (Lipinski definition) is 4. The maximum absolute atomic E-state index is 12.1. The van der Waals surface area contributed by atoms with E-state index in [-0.39, 0.29) is 5.71 Å². The average Bonchev–Trinajstić information content (AvgIpc) is 3.03. The Kier molecular flexibility index (Phi) is 4.66. The van der Waals surface area contributed by atoms with Gasteiger partial charge in [0.2, 0.25) is 0 Å². The van der Waals surface area contributed by atoms with Gasteiger partial charge in [0.05, 0.1) is 12.8 Å². The van der Waals surface area contributed by atoms with Crippen molar-refractivity contribution in [3.63, 3.8) is 0 Å². The van der Waals surface area contributed by atoms with Crippen molar-refractivity contribution in [1.82, 2.24) is 4.98 Å². The first-order valence-electron chi connectivity index (χ1n) is 7.84. The summed E-state index contributed by atoms with van der Waals surface area (Å²) in [5.74, 6) is -0.697. The molecule has 5 heteroatoms. The number of esters is 1. The molecule has 1 heterocycles. The predicted octanol–water partition coefficient (Wildman–Crippen LogP) is 3.97. The third-order valence-electron chi connectivity index (χ3n) is 4.06. The Bertz CT molecular complexity index is 969. The molecule has 1 aromatic heterocycles. The van der Waals surface area contributed by atoms with Crippen LogP contribution in [0.25, 0.3) is 16.5 Å². The fraction of sp³-hybridized carbons (Fsp3) is 0.100. The number of nitrogens with zero attached hydrogens (tertiary/aromatic N) is 1. The highest BCUT2D eigenvalue weighted by atomic mass is 16.5. The van der Waals surface area contributed by atoms with E-state index >= 15 is 0 Å². The molecule has 126 valence electrons. The summed E-state index contributed by atoms with van der Waals surface area (Å²) in [7, 11) is 1.26. The van der Waals surface area contributed by atoms with Crippen molar-refractivity contribution in [3.8, 4) is 0 Å². The second-order valence-corrected chi connectivity index (χ2v) is 5.43. The summed E-state index contributed by atoms with van der Waals surface area (Å²) in [6, 6.07) is 17.4. The van der Waals surface area contributed by atoms with Crippen molar-refractivity contribution in [2.75, 3.05) is 7.11 Å². The number of benzene rings is 2. The Morgan fingerprint density at radius 2 is 1.80 bits per heavy atom. The summed E-state index contributed by atoms with van der Waals surface area (Å²) >= 11 is 0. The molecule has 25 heavy (non-hydrogen) atoms. The highest BCUT2D eigenvalue weighted by Crippen LogP contribution is 2.32. The van der Waals surface area contributed by atoms with E-state index in [2.05, 4.69) is 10.1 Å². The van der Waals surface area contributed by atoms with E-state index < -0.39 is 5.97 Å². The van der Waals surface area contributed by atoms with Gasteiger partial charge in [-0.2, -0.15) is 0 Å². The third-order valence-corrected chi connectivity index (χ3v) is 4.06. The first kappa shape index (κ1) is 16.5. The van der Waals surface area contributed by atoms with E-state index in [0.29, 0.717) is 11.3 Å². The second-order valence-electron chi connectivity index (χ2n) is 5.43. The molecule has 0 aliphatic carbocycles. The normalized spacial score (nSPS) is 12.4. The number of aromatic nitrogens is 1. The number of oxime groups is 1. The molecule has 0 aliphatic heterocycles. The molecule has 0 atom stereocenters. The molecule has 0 aliphatic rings. The van der Waals surface area contributed by atoms with Crippen molar-refractivity contribution in [1.29, 1.82) is 0 Å². The standard InChI is InChI=1S/C20H18N2O3/c1-3-14(13-9-5-4-6-10-13)18-17(19(22-24)20(23)25-2)15-11-7-8-12-16(15)21-18/h3-12,21,24H,1-2H3/b14-3+,22-19-. The number of para-hydroxylation sites is 1. The topological polar surface area (TPSA) is 74.7 Å². The highest BCUT2D eigenvalue weighted by molar-refractivity contribution is 6.46. The number of methoxy groups -OCH3 is 1. The van der Waals surface area contributed by atoms with Crippen LogP contribution in [0, 0.1) is 0 Å². The van der Waals surface area contributed by atoms with Gasteiger partial charge in [-0.05, 0) is 18.6 Å². The van der Waals surface area contributed by atoms with E-state index in [1.54, 1.807) is 0 Å². The average molecular weight is 334 g/mol. The van der Waals surface area contributed by atoms with Crippen LogP contribution in [0.4, 0.5) is 0 Å². The first-order valence-corrected chi connectivity index (χ1v) is 7.84. The number of fused-ring (bicyclic) bond motifs is 1. The van der Waals surface area contributed by atoms with Gasteiger partial charge in [0.25, 0.3) is 0 Å². The van der Waals surface area contributed by atoms with Gasteiger partial charge in [0, 0.05) is 22.0 Å². The molecule has 5 nitrogen and oxygen atoms in total.